The summed E-state index contributed by atoms with van der Waals surface area (Å²) in [4.78, 5) is 4.04. The van der Waals surface area contributed by atoms with Gasteiger partial charge >= 0.3 is 0 Å². The van der Waals surface area contributed by atoms with Crippen molar-refractivity contribution in [1.29, 1.82) is 0 Å². The number of hydrogen-bond donors (Lipinski definition) is 1. The van der Waals surface area contributed by atoms with E-state index in [9.17, 15) is 0 Å². The molecule has 0 fully saturated rings. The molecule has 0 bridgehead atoms. The molecule has 0 amide bonds. The van der Waals surface area contributed by atoms with Gasteiger partial charge in [0.15, 0.2) is 5.84 Å². The van der Waals surface area contributed by atoms with Crippen LogP contribution in [0.4, 0.5) is 0 Å². The van der Waals surface area contributed by atoms with Crippen LogP contribution in [-0.4, -0.2) is 33.2 Å². The molecular formula is C10H13BrClN3O. The fraction of sp³-hybridized carbons (Fsp3) is 0.400. The van der Waals surface area contributed by atoms with Gasteiger partial charge in [0, 0.05) is 19.2 Å². The molecule has 1 atom stereocenters. The highest BCUT2D eigenvalue weighted by atomic mass is 79.9. The molecule has 0 aromatic heterocycles. The third kappa shape index (κ3) is 3.17. The van der Waals surface area contributed by atoms with Gasteiger partial charge in [-0.2, -0.15) is 5.10 Å². The molecule has 1 unspecified atom stereocenters. The standard InChI is InChI=1S/C10H13BrClN3O/c1-3-13-10(7(2)12)15-8(4-5-16)6-9(11)14-15/h3,8,16H,1-2,4-6H2. The number of halogens is 2. The van der Waals surface area contributed by atoms with Crippen LogP contribution in [0, 0.1) is 0 Å². The summed E-state index contributed by atoms with van der Waals surface area (Å²) in [7, 11) is 0. The zero-order valence-electron chi connectivity index (χ0n) is 8.74. The Kier molecular flexibility index (Phi) is 5.18. The van der Waals surface area contributed by atoms with Crippen molar-refractivity contribution in [3.05, 3.63) is 24.4 Å². The quantitative estimate of drug-likeness (QED) is 0.640. The van der Waals surface area contributed by atoms with Gasteiger partial charge in [0.25, 0.3) is 0 Å². The molecule has 88 valence electrons. The second-order valence-corrected chi connectivity index (χ2v) is 4.60. The molecule has 0 aliphatic carbocycles. The summed E-state index contributed by atoms with van der Waals surface area (Å²) in [5, 5.41) is 15.2. The lowest BCUT2D eigenvalue weighted by Crippen LogP contribution is -2.33. The van der Waals surface area contributed by atoms with Crippen LogP contribution in [0.3, 0.4) is 0 Å². The Labute approximate surface area is 108 Å². The van der Waals surface area contributed by atoms with E-state index in [-0.39, 0.29) is 12.6 Å². The highest BCUT2D eigenvalue weighted by Gasteiger charge is 2.29. The molecule has 0 saturated heterocycles. The van der Waals surface area contributed by atoms with E-state index in [4.69, 9.17) is 16.7 Å². The van der Waals surface area contributed by atoms with Gasteiger partial charge in [-0.15, -0.1) is 0 Å². The largest absolute Gasteiger partial charge is 0.396 e. The summed E-state index contributed by atoms with van der Waals surface area (Å²) < 4.78 is 0.806. The van der Waals surface area contributed by atoms with E-state index in [0.717, 1.165) is 11.0 Å². The maximum atomic E-state index is 8.97. The first-order chi connectivity index (χ1) is 7.60. The van der Waals surface area contributed by atoms with Crippen LogP contribution in [0.5, 0.6) is 0 Å². The molecule has 1 rings (SSSR count). The average molecular weight is 307 g/mol. The van der Waals surface area contributed by atoms with Crippen LogP contribution < -0.4 is 0 Å². The van der Waals surface area contributed by atoms with E-state index in [1.165, 1.54) is 6.20 Å². The van der Waals surface area contributed by atoms with Gasteiger partial charge in [0.2, 0.25) is 0 Å². The summed E-state index contributed by atoms with van der Waals surface area (Å²) in [5.74, 6) is 0.463. The Morgan fingerprint density at radius 3 is 3.00 bits per heavy atom. The number of rotatable bonds is 4. The summed E-state index contributed by atoms with van der Waals surface area (Å²) in [6, 6.07) is 0.0496. The minimum atomic E-state index is 0.0496. The summed E-state index contributed by atoms with van der Waals surface area (Å²) in [5.41, 5.74) is 0. The molecule has 1 heterocycles. The average Bonchev–Trinajstić information content (AvgIpc) is 2.56. The number of hydrazone groups is 1. The number of aliphatic hydroxyl groups excluding tert-OH is 1. The molecule has 0 radical (unpaired) electrons. The number of aliphatic imine (C=N–C) groups is 1. The van der Waals surface area contributed by atoms with Crippen LogP contribution >= 0.6 is 27.5 Å². The molecule has 0 spiro atoms. The molecule has 1 N–H and O–H groups in total. The number of amidine groups is 1. The van der Waals surface area contributed by atoms with Crippen molar-refractivity contribution < 1.29 is 5.11 Å². The highest BCUT2D eigenvalue weighted by molar-refractivity contribution is 9.18. The highest BCUT2D eigenvalue weighted by Crippen LogP contribution is 2.24. The van der Waals surface area contributed by atoms with Gasteiger partial charge in [-0.25, -0.2) is 10.0 Å². The van der Waals surface area contributed by atoms with E-state index < -0.39 is 0 Å². The molecule has 1 aliphatic heterocycles. The predicted molar refractivity (Wildman–Crippen MR) is 70.9 cm³/mol. The maximum Gasteiger partial charge on any atom is 0.167 e. The van der Waals surface area contributed by atoms with Crippen molar-refractivity contribution in [3.8, 4) is 0 Å². The number of aliphatic hydroxyl groups is 1. The fourth-order valence-electron chi connectivity index (χ4n) is 1.45. The lowest BCUT2D eigenvalue weighted by atomic mass is 10.1. The summed E-state index contributed by atoms with van der Waals surface area (Å²) in [6.07, 6.45) is 2.71. The molecular weight excluding hydrogens is 293 g/mol. The molecule has 16 heavy (non-hydrogen) atoms. The normalized spacial score (nSPS) is 20.9. The van der Waals surface area contributed by atoms with Crippen LogP contribution in [-0.2, 0) is 0 Å². The molecule has 1 aliphatic rings. The van der Waals surface area contributed by atoms with Gasteiger partial charge in [-0.05, 0) is 22.4 Å². The topological polar surface area (TPSA) is 48.2 Å². The van der Waals surface area contributed by atoms with Gasteiger partial charge in [0.05, 0.1) is 11.1 Å². The first-order valence-corrected chi connectivity index (χ1v) is 5.93. The lowest BCUT2D eigenvalue weighted by Gasteiger charge is -2.23. The zero-order valence-corrected chi connectivity index (χ0v) is 11.1. The van der Waals surface area contributed by atoms with Crippen LogP contribution in [0.25, 0.3) is 0 Å². The Morgan fingerprint density at radius 2 is 2.50 bits per heavy atom. The molecule has 6 heteroatoms. The first kappa shape index (κ1) is 13.4. The van der Waals surface area contributed by atoms with E-state index in [2.05, 4.69) is 39.2 Å². The zero-order chi connectivity index (χ0) is 12.1. The van der Waals surface area contributed by atoms with Crippen molar-refractivity contribution >= 4 is 38.0 Å². The van der Waals surface area contributed by atoms with Crippen molar-refractivity contribution in [2.45, 2.75) is 18.9 Å². The van der Waals surface area contributed by atoms with Crippen LogP contribution in [0.1, 0.15) is 12.8 Å². The van der Waals surface area contributed by atoms with Crippen molar-refractivity contribution in [3.63, 3.8) is 0 Å². The Balaban J connectivity index is 2.93. The minimum Gasteiger partial charge on any atom is -0.396 e. The van der Waals surface area contributed by atoms with Crippen LogP contribution in [0.15, 0.2) is 34.5 Å². The fourth-order valence-corrected chi connectivity index (χ4v) is 2.13. The van der Waals surface area contributed by atoms with Gasteiger partial charge in [-0.1, -0.05) is 24.8 Å². The number of nitrogens with zero attached hydrogens (tertiary/aromatic N) is 3. The Hall–Kier alpha value is -0.650. The number of hydrogen-bond acceptors (Lipinski definition) is 3. The lowest BCUT2D eigenvalue weighted by molar-refractivity contribution is 0.236. The second-order valence-electron chi connectivity index (χ2n) is 3.23. The second kappa shape index (κ2) is 6.18. The van der Waals surface area contributed by atoms with Gasteiger partial charge in [0.1, 0.15) is 4.62 Å². The first-order valence-electron chi connectivity index (χ1n) is 4.76. The van der Waals surface area contributed by atoms with E-state index >= 15 is 0 Å². The predicted octanol–water partition coefficient (Wildman–Crippen LogP) is 2.45. The third-order valence-corrected chi connectivity index (χ3v) is 2.75. The van der Waals surface area contributed by atoms with E-state index in [0.29, 0.717) is 17.3 Å². The maximum absolute atomic E-state index is 8.97. The SMILES string of the molecule is C=CN=C(C(=C)Cl)N1N=C(Br)CC1CCO. The van der Waals surface area contributed by atoms with Crippen molar-refractivity contribution in [2.75, 3.05) is 6.61 Å². The van der Waals surface area contributed by atoms with Crippen LogP contribution in [0.2, 0.25) is 0 Å². The molecule has 0 aromatic rings. The summed E-state index contributed by atoms with van der Waals surface area (Å²) in [6.45, 7) is 7.25. The molecule has 0 aromatic carbocycles. The van der Waals surface area contributed by atoms with Gasteiger partial charge < -0.3 is 5.11 Å². The monoisotopic (exact) mass is 305 g/mol. The summed E-state index contributed by atoms with van der Waals surface area (Å²) >= 11 is 9.18. The van der Waals surface area contributed by atoms with Gasteiger partial charge in [-0.3, -0.25) is 0 Å². The van der Waals surface area contributed by atoms with Crippen molar-refractivity contribution in [1.82, 2.24) is 5.01 Å². The molecule has 0 saturated carbocycles. The molecule has 4 nitrogen and oxygen atoms in total. The minimum absolute atomic E-state index is 0.0496. The Bertz CT molecular complexity index is 354. The van der Waals surface area contributed by atoms with Crippen molar-refractivity contribution in [2.24, 2.45) is 10.1 Å². The smallest absolute Gasteiger partial charge is 0.167 e. The van der Waals surface area contributed by atoms with E-state index in [1.807, 2.05) is 0 Å². The van der Waals surface area contributed by atoms with E-state index in [1.54, 1.807) is 5.01 Å². The Morgan fingerprint density at radius 1 is 1.81 bits per heavy atom. The third-order valence-electron chi connectivity index (χ3n) is 2.10.